The Morgan fingerprint density at radius 2 is 1.82 bits per heavy atom. The van der Waals surface area contributed by atoms with E-state index < -0.39 is 20.3 Å². The molecule has 0 bridgehead atoms. The highest BCUT2D eigenvalue weighted by atomic mass is 32.2. The van der Waals surface area contributed by atoms with Crippen LogP contribution in [0.4, 0.5) is 13.2 Å². The number of benzene rings is 1. The molecule has 0 heterocycles. The molecular weight excluding hydrogens is 257 g/mol. The third-order valence-corrected chi connectivity index (χ3v) is 3.60. The predicted octanol–water partition coefficient (Wildman–Crippen LogP) is 2.69. The molecule has 0 fully saturated rings. The summed E-state index contributed by atoms with van der Waals surface area (Å²) in [5.41, 5.74) is -5.32. The van der Waals surface area contributed by atoms with Gasteiger partial charge in [-0.3, -0.25) is 0 Å². The van der Waals surface area contributed by atoms with Crippen LogP contribution in [0.15, 0.2) is 29.2 Å². The van der Waals surface area contributed by atoms with Crippen LogP contribution in [0.5, 0.6) is 5.75 Å². The summed E-state index contributed by atoms with van der Waals surface area (Å²) in [6, 6.07) is 5.50. The first-order valence-corrected chi connectivity index (χ1v) is 5.92. The molecule has 0 aromatic heterocycles. The van der Waals surface area contributed by atoms with Gasteiger partial charge in [-0.2, -0.15) is 13.2 Å². The monoisotopic (exact) mass is 266 g/mol. The summed E-state index contributed by atoms with van der Waals surface area (Å²) in [5.74, 6) is -0.288. The van der Waals surface area contributed by atoms with E-state index in [4.69, 9.17) is 0 Å². The number of rotatable bonds is 2. The Bertz CT molecular complexity index is 544. The minimum absolute atomic E-state index is 0.0119. The van der Waals surface area contributed by atoms with E-state index in [2.05, 4.69) is 0 Å². The number of halogens is 3. The Morgan fingerprint density at radius 3 is 2.29 bits per heavy atom. The third kappa shape index (κ3) is 2.79. The summed E-state index contributed by atoms with van der Waals surface area (Å²) in [6.07, 6.45) is 0.776. The van der Waals surface area contributed by atoms with E-state index in [9.17, 15) is 26.7 Å². The van der Waals surface area contributed by atoms with Crippen LogP contribution in [0.1, 0.15) is 12.5 Å². The number of para-hydroxylation sites is 1. The molecule has 94 valence electrons. The van der Waals surface area contributed by atoms with E-state index >= 15 is 0 Å². The molecule has 0 saturated carbocycles. The zero-order chi connectivity index (χ0) is 13.3. The van der Waals surface area contributed by atoms with E-state index in [1.807, 2.05) is 0 Å². The number of phenolic OH excluding ortho intramolecular Hbond substituents is 1. The summed E-state index contributed by atoms with van der Waals surface area (Å²) in [5, 5.41) is 9.31. The van der Waals surface area contributed by atoms with Crippen molar-refractivity contribution in [3.05, 3.63) is 34.7 Å². The second-order valence-electron chi connectivity index (χ2n) is 3.26. The van der Waals surface area contributed by atoms with Crippen LogP contribution in [-0.2, 0) is 9.84 Å². The van der Waals surface area contributed by atoms with Crippen LogP contribution in [-0.4, -0.2) is 19.0 Å². The quantitative estimate of drug-likeness (QED) is 0.895. The van der Waals surface area contributed by atoms with Gasteiger partial charge in [-0.25, -0.2) is 8.42 Å². The highest BCUT2D eigenvalue weighted by Gasteiger charge is 2.46. The molecular formula is C10H9F3O3S. The molecule has 1 aromatic rings. The molecule has 1 N–H and O–H groups in total. The minimum Gasteiger partial charge on any atom is -0.507 e. The highest BCUT2D eigenvalue weighted by Crippen LogP contribution is 2.31. The summed E-state index contributed by atoms with van der Waals surface area (Å²) in [4.78, 5) is -0.869. The lowest BCUT2D eigenvalue weighted by atomic mass is 10.2. The van der Waals surface area contributed by atoms with E-state index in [-0.39, 0.29) is 11.3 Å². The van der Waals surface area contributed by atoms with Crippen molar-refractivity contribution in [2.75, 3.05) is 0 Å². The molecule has 7 heteroatoms. The van der Waals surface area contributed by atoms with Gasteiger partial charge in [-0.05, 0) is 19.1 Å². The van der Waals surface area contributed by atoms with Crippen molar-refractivity contribution in [1.82, 2.24) is 0 Å². The predicted molar refractivity (Wildman–Crippen MR) is 56.7 cm³/mol. The van der Waals surface area contributed by atoms with Gasteiger partial charge in [0.25, 0.3) is 9.84 Å². The van der Waals surface area contributed by atoms with Gasteiger partial charge in [-0.15, -0.1) is 0 Å². The van der Waals surface area contributed by atoms with Crippen molar-refractivity contribution < 1.29 is 26.7 Å². The summed E-state index contributed by atoms with van der Waals surface area (Å²) >= 11 is 0. The van der Waals surface area contributed by atoms with Gasteiger partial charge in [0.2, 0.25) is 0 Å². The lowest BCUT2D eigenvalue weighted by Crippen LogP contribution is -2.23. The Hall–Kier alpha value is -1.50. The van der Waals surface area contributed by atoms with Gasteiger partial charge in [-0.1, -0.05) is 18.2 Å². The first-order valence-electron chi connectivity index (χ1n) is 4.44. The Morgan fingerprint density at radius 1 is 1.29 bits per heavy atom. The molecule has 0 atom stereocenters. The van der Waals surface area contributed by atoms with Crippen LogP contribution in [0, 0.1) is 0 Å². The maximum atomic E-state index is 12.2. The van der Waals surface area contributed by atoms with Crippen molar-refractivity contribution in [2.45, 2.75) is 12.4 Å². The van der Waals surface area contributed by atoms with Gasteiger partial charge < -0.3 is 5.11 Å². The lowest BCUT2D eigenvalue weighted by molar-refractivity contribution is -0.0426. The Labute approximate surface area is 96.1 Å². The van der Waals surface area contributed by atoms with Gasteiger partial charge in [0.1, 0.15) is 5.75 Å². The van der Waals surface area contributed by atoms with E-state index in [1.165, 1.54) is 24.3 Å². The molecule has 0 amide bonds. The molecule has 1 rings (SSSR count). The SMILES string of the molecule is C/C(=C\c1ccccc1O)S(=O)(=O)C(F)(F)F. The molecule has 0 aliphatic carbocycles. The van der Waals surface area contributed by atoms with Gasteiger partial charge in [0.05, 0.1) is 4.91 Å². The molecule has 0 unspecified atom stereocenters. The van der Waals surface area contributed by atoms with Crippen LogP contribution >= 0.6 is 0 Å². The number of hydrogen-bond donors (Lipinski definition) is 1. The van der Waals surface area contributed by atoms with Gasteiger partial charge >= 0.3 is 5.51 Å². The normalized spacial score (nSPS) is 13.8. The number of sulfone groups is 1. The fraction of sp³-hybridized carbons (Fsp3) is 0.200. The van der Waals surface area contributed by atoms with Crippen LogP contribution in [0.2, 0.25) is 0 Å². The van der Waals surface area contributed by atoms with Crippen LogP contribution < -0.4 is 0 Å². The molecule has 0 aliphatic rings. The smallest absolute Gasteiger partial charge is 0.501 e. The molecule has 1 aromatic carbocycles. The maximum Gasteiger partial charge on any atom is 0.501 e. The maximum absolute atomic E-state index is 12.2. The number of hydrogen-bond acceptors (Lipinski definition) is 3. The average molecular weight is 266 g/mol. The topological polar surface area (TPSA) is 54.4 Å². The Kier molecular flexibility index (Phi) is 3.51. The molecule has 0 radical (unpaired) electrons. The first kappa shape index (κ1) is 13.6. The van der Waals surface area contributed by atoms with E-state index in [0.29, 0.717) is 0 Å². The van der Waals surface area contributed by atoms with Gasteiger partial charge in [0, 0.05) is 5.56 Å². The second kappa shape index (κ2) is 4.40. The zero-order valence-corrected chi connectivity index (χ0v) is 9.51. The van der Waals surface area contributed by atoms with Crippen molar-refractivity contribution in [3.63, 3.8) is 0 Å². The molecule has 0 saturated heterocycles. The molecule has 0 aliphatic heterocycles. The van der Waals surface area contributed by atoms with Crippen molar-refractivity contribution in [3.8, 4) is 5.75 Å². The first-order chi connectivity index (χ1) is 7.66. The largest absolute Gasteiger partial charge is 0.507 e. The average Bonchev–Trinajstić information content (AvgIpc) is 2.19. The summed E-state index contributed by atoms with van der Waals surface area (Å²) in [7, 11) is -5.34. The number of alkyl halides is 3. The van der Waals surface area contributed by atoms with Gasteiger partial charge in [0.15, 0.2) is 0 Å². The van der Waals surface area contributed by atoms with Crippen molar-refractivity contribution in [2.24, 2.45) is 0 Å². The third-order valence-electron chi connectivity index (χ3n) is 2.02. The van der Waals surface area contributed by atoms with Crippen LogP contribution in [0.25, 0.3) is 6.08 Å². The fourth-order valence-corrected chi connectivity index (χ4v) is 1.74. The zero-order valence-electron chi connectivity index (χ0n) is 8.69. The van der Waals surface area contributed by atoms with E-state index in [1.54, 1.807) is 0 Å². The summed E-state index contributed by atoms with van der Waals surface area (Å²) in [6.45, 7) is 0.829. The van der Waals surface area contributed by atoms with Crippen molar-refractivity contribution >= 4 is 15.9 Å². The molecule has 17 heavy (non-hydrogen) atoms. The standard InChI is InChI=1S/C10H9F3O3S/c1-7(17(15,16)10(11,12)13)6-8-4-2-3-5-9(8)14/h2-6,14H,1H3/b7-6+. The second-order valence-corrected chi connectivity index (χ2v) is 5.38. The molecule has 3 nitrogen and oxygen atoms in total. The fourth-order valence-electron chi connectivity index (χ4n) is 1.09. The number of phenols is 1. The Balaban J connectivity index is 3.24. The van der Waals surface area contributed by atoms with Crippen LogP contribution in [0.3, 0.4) is 0 Å². The summed E-state index contributed by atoms with van der Waals surface area (Å²) < 4.78 is 58.6. The molecule has 0 spiro atoms. The highest BCUT2D eigenvalue weighted by molar-refractivity contribution is 7.96. The van der Waals surface area contributed by atoms with Crippen molar-refractivity contribution in [1.29, 1.82) is 0 Å². The lowest BCUT2D eigenvalue weighted by Gasteiger charge is -2.08. The number of allylic oxidation sites excluding steroid dienone is 1. The minimum atomic E-state index is -5.34. The number of aromatic hydroxyl groups is 1. The van der Waals surface area contributed by atoms with E-state index in [0.717, 1.165) is 13.0 Å².